The summed E-state index contributed by atoms with van der Waals surface area (Å²) in [4.78, 5) is 18.8. The highest BCUT2D eigenvalue weighted by atomic mass is 16.5. The van der Waals surface area contributed by atoms with Crippen LogP contribution in [0.4, 0.5) is 0 Å². The molecular weight excluding hydrogens is 294 g/mol. The zero-order valence-electron chi connectivity index (χ0n) is 13.7. The molecule has 2 aromatic heterocycles. The minimum absolute atomic E-state index is 0.0369. The van der Waals surface area contributed by atoms with Crippen molar-refractivity contribution in [1.29, 1.82) is 0 Å². The summed E-state index contributed by atoms with van der Waals surface area (Å²) in [5, 5.41) is 3.93. The number of amides is 1. The average Bonchev–Trinajstić information content (AvgIpc) is 3.15. The number of aromatic nitrogens is 2. The Morgan fingerprint density at radius 3 is 2.87 bits per heavy atom. The van der Waals surface area contributed by atoms with Crippen molar-refractivity contribution in [2.75, 3.05) is 6.54 Å². The smallest absolute Gasteiger partial charge is 0.256 e. The Hall–Kier alpha value is -2.37. The maximum atomic E-state index is 12.8. The molecule has 0 N–H and O–H groups in total. The zero-order chi connectivity index (χ0) is 16.4. The molecule has 0 bridgehead atoms. The average molecular weight is 315 g/mol. The molecule has 1 aliphatic heterocycles. The molecule has 6 nitrogen and oxygen atoms in total. The third-order valence-electron chi connectivity index (χ3n) is 3.83. The number of hydrogen-bond acceptors (Lipinski definition) is 5. The highest BCUT2D eigenvalue weighted by molar-refractivity contribution is 5.94. The summed E-state index contributed by atoms with van der Waals surface area (Å²) >= 11 is 0. The molecule has 0 saturated carbocycles. The van der Waals surface area contributed by atoms with Crippen LogP contribution in [0, 0.1) is 6.92 Å². The van der Waals surface area contributed by atoms with E-state index < -0.39 is 0 Å². The number of nitrogens with zero attached hydrogens (tertiary/aromatic N) is 3. The lowest BCUT2D eigenvalue weighted by molar-refractivity contribution is 0.0714. The second-order valence-corrected chi connectivity index (χ2v) is 6.08. The van der Waals surface area contributed by atoms with Crippen LogP contribution in [-0.2, 0) is 0 Å². The molecule has 3 rings (SSSR count). The van der Waals surface area contributed by atoms with E-state index in [2.05, 4.69) is 10.1 Å². The molecule has 1 aliphatic rings. The predicted octanol–water partition coefficient (Wildman–Crippen LogP) is 3.14. The van der Waals surface area contributed by atoms with Crippen LogP contribution < -0.4 is 4.74 Å². The van der Waals surface area contributed by atoms with Gasteiger partial charge in [0.2, 0.25) is 5.88 Å². The van der Waals surface area contributed by atoms with E-state index in [-0.39, 0.29) is 18.1 Å². The van der Waals surface area contributed by atoms with E-state index in [4.69, 9.17) is 9.26 Å². The fourth-order valence-electron chi connectivity index (χ4n) is 2.83. The van der Waals surface area contributed by atoms with E-state index in [0.717, 1.165) is 24.3 Å². The van der Waals surface area contributed by atoms with Gasteiger partial charge in [-0.3, -0.25) is 4.79 Å². The van der Waals surface area contributed by atoms with Gasteiger partial charge in [0, 0.05) is 24.9 Å². The summed E-state index contributed by atoms with van der Waals surface area (Å²) in [5.41, 5.74) is 1.39. The minimum atomic E-state index is -0.0460. The first-order valence-corrected chi connectivity index (χ1v) is 7.91. The van der Waals surface area contributed by atoms with E-state index in [0.29, 0.717) is 18.0 Å². The summed E-state index contributed by atoms with van der Waals surface area (Å²) in [6, 6.07) is 5.34. The van der Waals surface area contributed by atoms with Crippen molar-refractivity contribution >= 4 is 5.91 Å². The number of rotatable bonds is 4. The first-order valence-electron chi connectivity index (χ1n) is 7.91. The second kappa shape index (κ2) is 6.40. The topological polar surface area (TPSA) is 68.5 Å². The van der Waals surface area contributed by atoms with Gasteiger partial charge in [-0.1, -0.05) is 5.16 Å². The Bertz CT molecular complexity index is 679. The van der Waals surface area contributed by atoms with Crippen molar-refractivity contribution < 1.29 is 14.1 Å². The van der Waals surface area contributed by atoms with E-state index >= 15 is 0 Å². The number of aryl methyl sites for hydroxylation is 1. The standard InChI is InChI=1S/C17H21N3O3/c1-11(2)22-16-7-6-13(10-18-16)17(21)20-8-4-5-14(20)15-9-12(3)19-23-15/h6-7,9-11,14H,4-5,8H2,1-3H3/t14-/m1/s1. The molecule has 6 heteroatoms. The van der Waals surface area contributed by atoms with E-state index in [1.807, 2.05) is 31.7 Å². The van der Waals surface area contributed by atoms with Crippen LogP contribution in [0.25, 0.3) is 0 Å². The minimum Gasteiger partial charge on any atom is -0.475 e. The van der Waals surface area contributed by atoms with E-state index in [9.17, 15) is 4.79 Å². The van der Waals surface area contributed by atoms with Crippen molar-refractivity contribution in [1.82, 2.24) is 15.0 Å². The van der Waals surface area contributed by atoms with Crippen LogP contribution in [0.5, 0.6) is 5.88 Å². The summed E-state index contributed by atoms with van der Waals surface area (Å²) in [6.45, 7) is 6.48. The van der Waals surface area contributed by atoms with Gasteiger partial charge < -0.3 is 14.2 Å². The molecule has 0 unspecified atom stereocenters. The number of pyridine rings is 1. The van der Waals surface area contributed by atoms with Crippen LogP contribution in [0.1, 0.15) is 54.5 Å². The molecule has 3 heterocycles. The van der Waals surface area contributed by atoms with Crippen molar-refractivity contribution in [2.45, 2.75) is 45.8 Å². The van der Waals surface area contributed by atoms with Gasteiger partial charge in [-0.05, 0) is 39.7 Å². The summed E-state index contributed by atoms with van der Waals surface area (Å²) in [6.07, 6.45) is 3.48. The van der Waals surface area contributed by atoms with Gasteiger partial charge in [-0.25, -0.2) is 4.98 Å². The molecule has 0 aliphatic carbocycles. The van der Waals surface area contributed by atoms with Crippen LogP contribution >= 0.6 is 0 Å². The maximum Gasteiger partial charge on any atom is 0.256 e. The monoisotopic (exact) mass is 315 g/mol. The van der Waals surface area contributed by atoms with Crippen molar-refractivity contribution in [3.63, 3.8) is 0 Å². The normalized spacial score (nSPS) is 17.7. The van der Waals surface area contributed by atoms with Gasteiger partial charge in [-0.2, -0.15) is 0 Å². The first kappa shape index (κ1) is 15.5. The Morgan fingerprint density at radius 2 is 2.26 bits per heavy atom. The number of carbonyl (C=O) groups excluding carboxylic acids is 1. The summed E-state index contributed by atoms with van der Waals surface area (Å²) in [7, 11) is 0. The molecule has 0 radical (unpaired) electrons. The van der Waals surface area contributed by atoms with Gasteiger partial charge >= 0.3 is 0 Å². The van der Waals surface area contributed by atoms with Gasteiger partial charge in [0.25, 0.3) is 5.91 Å². The van der Waals surface area contributed by atoms with Gasteiger partial charge in [-0.15, -0.1) is 0 Å². The lowest BCUT2D eigenvalue weighted by atomic mass is 10.1. The Labute approximate surface area is 135 Å². The molecule has 1 amide bonds. The van der Waals surface area contributed by atoms with Crippen molar-refractivity contribution in [3.8, 4) is 5.88 Å². The van der Waals surface area contributed by atoms with Crippen LogP contribution in [0.15, 0.2) is 28.9 Å². The Kier molecular flexibility index (Phi) is 4.32. The molecule has 23 heavy (non-hydrogen) atoms. The number of hydrogen-bond donors (Lipinski definition) is 0. The summed E-state index contributed by atoms with van der Waals surface area (Å²) < 4.78 is 10.9. The number of carbonyl (C=O) groups is 1. The van der Waals surface area contributed by atoms with Crippen LogP contribution in [-0.4, -0.2) is 33.6 Å². The Balaban J connectivity index is 1.76. The third-order valence-corrected chi connectivity index (χ3v) is 3.83. The van der Waals surface area contributed by atoms with Gasteiger partial charge in [0.15, 0.2) is 5.76 Å². The summed E-state index contributed by atoms with van der Waals surface area (Å²) in [5.74, 6) is 1.24. The van der Waals surface area contributed by atoms with Crippen molar-refractivity contribution in [2.24, 2.45) is 0 Å². The molecular formula is C17H21N3O3. The van der Waals surface area contributed by atoms with Gasteiger partial charge in [0.05, 0.1) is 23.4 Å². The van der Waals surface area contributed by atoms with E-state index in [1.165, 1.54) is 0 Å². The third kappa shape index (κ3) is 3.36. The molecule has 1 fully saturated rings. The number of ether oxygens (including phenoxy) is 1. The Morgan fingerprint density at radius 1 is 1.43 bits per heavy atom. The highest BCUT2D eigenvalue weighted by Gasteiger charge is 2.33. The molecule has 122 valence electrons. The molecule has 2 aromatic rings. The zero-order valence-corrected chi connectivity index (χ0v) is 13.7. The first-order chi connectivity index (χ1) is 11.0. The second-order valence-electron chi connectivity index (χ2n) is 6.08. The molecule has 0 spiro atoms. The van der Waals surface area contributed by atoms with Gasteiger partial charge in [0.1, 0.15) is 0 Å². The predicted molar refractivity (Wildman–Crippen MR) is 84.3 cm³/mol. The van der Waals surface area contributed by atoms with Crippen LogP contribution in [0.2, 0.25) is 0 Å². The lowest BCUT2D eigenvalue weighted by Gasteiger charge is -2.22. The highest BCUT2D eigenvalue weighted by Crippen LogP contribution is 2.33. The molecule has 1 saturated heterocycles. The number of likely N-dealkylation sites (tertiary alicyclic amines) is 1. The fourth-order valence-corrected chi connectivity index (χ4v) is 2.83. The molecule has 0 aromatic carbocycles. The largest absolute Gasteiger partial charge is 0.475 e. The molecule has 1 atom stereocenters. The van der Waals surface area contributed by atoms with E-state index in [1.54, 1.807) is 18.3 Å². The van der Waals surface area contributed by atoms with Crippen LogP contribution in [0.3, 0.4) is 0 Å². The fraction of sp³-hybridized carbons (Fsp3) is 0.471. The quantitative estimate of drug-likeness (QED) is 0.867. The lowest BCUT2D eigenvalue weighted by Crippen LogP contribution is -2.30. The maximum absolute atomic E-state index is 12.8. The van der Waals surface area contributed by atoms with Crippen molar-refractivity contribution in [3.05, 3.63) is 41.4 Å². The SMILES string of the molecule is Cc1cc([C@H]2CCCN2C(=O)c2ccc(OC(C)C)nc2)on1.